The molecule has 2 aliphatic rings. The van der Waals surface area contributed by atoms with Gasteiger partial charge in [-0.15, -0.1) is 0 Å². The van der Waals surface area contributed by atoms with Crippen LogP contribution in [0, 0.1) is 0 Å². The van der Waals surface area contributed by atoms with E-state index in [0.29, 0.717) is 6.54 Å². The summed E-state index contributed by atoms with van der Waals surface area (Å²) in [4.78, 5) is 20.4. The summed E-state index contributed by atoms with van der Waals surface area (Å²) in [5.74, 6) is -1.28. The summed E-state index contributed by atoms with van der Waals surface area (Å²) < 4.78 is 4.33. The van der Waals surface area contributed by atoms with Gasteiger partial charge in [-0.25, -0.2) is 0 Å². The first kappa shape index (κ1) is 20.9. The zero-order valence-electron chi connectivity index (χ0n) is 15.0. The summed E-state index contributed by atoms with van der Waals surface area (Å²) in [5.41, 5.74) is 0. The Balaban J connectivity index is 0.000000245. The van der Waals surface area contributed by atoms with Crippen LogP contribution in [0.15, 0.2) is 0 Å². The summed E-state index contributed by atoms with van der Waals surface area (Å²) in [6.45, 7) is 0.204. The molecule has 0 radical (unpaired) electrons. The molecule has 0 unspecified atom stereocenters. The minimum Gasteiger partial charge on any atom is -0.480 e. The molecule has 0 heterocycles. The fourth-order valence-electron chi connectivity index (χ4n) is 3.36. The highest BCUT2D eigenvalue weighted by molar-refractivity contribution is 5.70. The number of hydrogen-bond acceptors (Lipinski definition) is 5. The van der Waals surface area contributed by atoms with E-state index in [1.165, 1.54) is 71.3 Å². The van der Waals surface area contributed by atoms with Gasteiger partial charge in [-0.3, -0.25) is 9.59 Å². The van der Waals surface area contributed by atoms with Crippen LogP contribution >= 0.6 is 0 Å². The van der Waals surface area contributed by atoms with Crippen LogP contribution in [0.4, 0.5) is 0 Å². The highest BCUT2D eigenvalue weighted by Crippen LogP contribution is 2.22. The van der Waals surface area contributed by atoms with Crippen molar-refractivity contribution in [3.05, 3.63) is 0 Å². The molecule has 0 atom stereocenters. The molecule has 0 aromatic carbocycles. The summed E-state index contributed by atoms with van der Waals surface area (Å²) in [5, 5.41) is 14.6. The molecular formula is C18H34N2O4. The predicted molar refractivity (Wildman–Crippen MR) is 94.0 cm³/mol. The molecule has 0 spiro atoms. The average Bonchev–Trinajstić information content (AvgIpc) is 2.61. The second-order valence-electron chi connectivity index (χ2n) is 6.73. The molecule has 140 valence electrons. The van der Waals surface area contributed by atoms with E-state index in [4.69, 9.17) is 5.11 Å². The number of esters is 1. The van der Waals surface area contributed by atoms with Crippen molar-refractivity contribution >= 4 is 11.9 Å². The molecule has 6 nitrogen and oxygen atoms in total. The van der Waals surface area contributed by atoms with Crippen LogP contribution in [0.2, 0.25) is 0 Å². The van der Waals surface area contributed by atoms with Crippen molar-refractivity contribution in [2.24, 2.45) is 0 Å². The number of carbonyl (C=O) groups excluding carboxylic acids is 1. The normalized spacial score (nSPS) is 19.2. The Kier molecular flexibility index (Phi) is 11.5. The Morgan fingerprint density at radius 3 is 1.88 bits per heavy atom. The minimum atomic E-state index is -0.935. The van der Waals surface area contributed by atoms with Gasteiger partial charge in [0.1, 0.15) is 0 Å². The van der Waals surface area contributed by atoms with Gasteiger partial charge in [0.15, 0.2) is 0 Å². The smallest absolute Gasteiger partial charge is 0.317 e. The molecule has 2 aliphatic carbocycles. The van der Waals surface area contributed by atoms with Crippen LogP contribution in [-0.2, 0) is 14.3 Å². The maximum atomic E-state index is 10.4. The molecular weight excluding hydrogens is 308 g/mol. The number of hydrogen-bond donors (Lipinski definition) is 3. The molecule has 0 amide bonds. The van der Waals surface area contributed by atoms with E-state index in [1.807, 2.05) is 0 Å². The Hall–Kier alpha value is -1.14. The second kappa shape index (κ2) is 13.2. The Morgan fingerprint density at radius 2 is 1.46 bits per heavy atom. The molecule has 0 aliphatic heterocycles. The van der Waals surface area contributed by atoms with E-state index >= 15 is 0 Å². The number of ether oxygens (including phenoxy) is 1. The third-order valence-electron chi connectivity index (χ3n) is 4.69. The summed E-state index contributed by atoms with van der Waals surface area (Å²) >= 11 is 0. The Morgan fingerprint density at radius 1 is 0.958 bits per heavy atom. The van der Waals surface area contributed by atoms with Gasteiger partial charge in [-0.1, -0.05) is 38.5 Å². The summed E-state index contributed by atoms with van der Waals surface area (Å²) in [6, 6.07) is 1.74. The zero-order chi connectivity index (χ0) is 17.6. The van der Waals surface area contributed by atoms with Crippen molar-refractivity contribution in [3.8, 4) is 0 Å². The van der Waals surface area contributed by atoms with Crippen molar-refractivity contribution in [3.63, 3.8) is 0 Å². The lowest BCUT2D eigenvalue weighted by atomic mass is 9.91. The first-order valence-electron chi connectivity index (χ1n) is 9.37. The Labute approximate surface area is 145 Å². The second-order valence-corrected chi connectivity index (χ2v) is 6.73. The van der Waals surface area contributed by atoms with E-state index in [-0.39, 0.29) is 18.9 Å². The molecule has 0 saturated heterocycles. The van der Waals surface area contributed by atoms with Crippen LogP contribution < -0.4 is 10.6 Å². The van der Waals surface area contributed by atoms with E-state index < -0.39 is 5.97 Å². The quantitative estimate of drug-likeness (QED) is 0.487. The number of carbonyl (C=O) groups is 2. The monoisotopic (exact) mass is 342 g/mol. The topological polar surface area (TPSA) is 87.7 Å². The predicted octanol–water partition coefficient (Wildman–Crippen LogP) is 2.47. The number of aliphatic carboxylic acids is 1. The van der Waals surface area contributed by atoms with Gasteiger partial charge in [0, 0.05) is 18.6 Å². The molecule has 2 fully saturated rings. The van der Waals surface area contributed by atoms with Crippen molar-refractivity contribution in [1.29, 1.82) is 0 Å². The number of carboxylic acid groups (broad SMARTS) is 1. The largest absolute Gasteiger partial charge is 0.480 e. The highest BCUT2D eigenvalue weighted by atomic mass is 16.5. The molecule has 2 rings (SSSR count). The molecule has 24 heavy (non-hydrogen) atoms. The van der Waals surface area contributed by atoms with Crippen LogP contribution in [0.5, 0.6) is 0 Å². The lowest BCUT2D eigenvalue weighted by Gasteiger charge is -2.30. The van der Waals surface area contributed by atoms with E-state index in [1.54, 1.807) is 0 Å². The standard InChI is InChI=1S/C12H23N.C6H11NO4/c1-3-7-11(8-4-1)13-12-9-5-2-6-10-12;1-11-6(10)2-3-7-4-5(8)9/h11-13H,1-10H2;7H,2-4H2,1H3,(H,8,9). The maximum Gasteiger partial charge on any atom is 0.317 e. The summed E-state index contributed by atoms with van der Waals surface area (Å²) in [6.07, 6.45) is 14.8. The highest BCUT2D eigenvalue weighted by Gasteiger charge is 2.19. The van der Waals surface area contributed by atoms with Crippen molar-refractivity contribution < 1.29 is 19.4 Å². The lowest BCUT2D eigenvalue weighted by molar-refractivity contribution is -0.141. The molecule has 3 N–H and O–H groups in total. The number of methoxy groups -OCH3 is 1. The molecule has 0 bridgehead atoms. The van der Waals surface area contributed by atoms with Gasteiger partial charge >= 0.3 is 11.9 Å². The third kappa shape index (κ3) is 10.6. The zero-order valence-corrected chi connectivity index (χ0v) is 15.0. The molecule has 0 aromatic rings. The van der Waals surface area contributed by atoms with Gasteiger partial charge < -0.3 is 20.5 Å². The average molecular weight is 342 g/mol. The molecule has 6 heteroatoms. The first-order chi connectivity index (χ1) is 11.6. The van der Waals surface area contributed by atoms with Gasteiger partial charge in [-0.2, -0.15) is 0 Å². The van der Waals surface area contributed by atoms with Crippen LogP contribution in [0.25, 0.3) is 0 Å². The van der Waals surface area contributed by atoms with Crippen LogP contribution in [0.3, 0.4) is 0 Å². The lowest BCUT2D eigenvalue weighted by Crippen LogP contribution is -2.40. The van der Waals surface area contributed by atoms with Crippen molar-refractivity contribution in [1.82, 2.24) is 10.6 Å². The van der Waals surface area contributed by atoms with E-state index in [2.05, 4.69) is 15.4 Å². The van der Waals surface area contributed by atoms with Gasteiger partial charge in [0.05, 0.1) is 20.1 Å². The maximum absolute atomic E-state index is 10.4. The van der Waals surface area contributed by atoms with Crippen LogP contribution in [-0.4, -0.2) is 49.3 Å². The fraction of sp³-hybridized carbons (Fsp3) is 0.889. The van der Waals surface area contributed by atoms with E-state index in [9.17, 15) is 9.59 Å². The minimum absolute atomic E-state index is 0.128. The number of carboxylic acids is 1. The molecule has 0 aromatic heterocycles. The number of rotatable bonds is 7. The van der Waals surface area contributed by atoms with E-state index in [0.717, 1.165) is 12.1 Å². The van der Waals surface area contributed by atoms with Crippen molar-refractivity contribution in [2.45, 2.75) is 82.7 Å². The Bertz CT molecular complexity index is 335. The van der Waals surface area contributed by atoms with Gasteiger partial charge in [-0.05, 0) is 25.7 Å². The first-order valence-corrected chi connectivity index (χ1v) is 9.37. The van der Waals surface area contributed by atoms with Crippen molar-refractivity contribution in [2.75, 3.05) is 20.2 Å². The van der Waals surface area contributed by atoms with Crippen LogP contribution in [0.1, 0.15) is 70.6 Å². The number of nitrogens with one attached hydrogen (secondary N) is 2. The van der Waals surface area contributed by atoms with Gasteiger partial charge in [0.2, 0.25) is 0 Å². The summed E-state index contributed by atoms with van der Waals surface area (Å²) in [7, 11) is 1.29. The van der Waals surface area contributed by atoms with Gasteiger partial charge in [0.25, 0.3) is 0 Å². The SMILES string of the molecule is C1CCC(NC2CCCCC2)CC1.COC(=O)CCNCC(=O)O. The fourth-order valence-corrected chi connectivity index (χ4v) is 3.36. The molecule has 2 saturated carbocycles. The third-order valence-corrected chi connectivity index (χ3v) is 4.69.